The highest BCUT2D eigenvalue weighted by molar-refractivity contribution is 5.71. The lowest BCUT2D eigenvalue weighted by atomic mass is 9.95. The fourth-order valence-electron chi connectivity index (χ4n) is 2.93. The van der Waals surface area contributed by atoms with E-state index in [4.69, 9.17) is 4.74 Å². The summed E-state index contributed by atoms with van der Waals surface area (Å²) < 4.78 is 5.59. The van der Waals surface area contributed by atoms with Crippen molar-refractivity contribution in [1.29, 1.82) is 0 Å². The van der Waals surface area contributed by atoms with Crippen LogP contribution in [-0.2, 0) is 0 Å². The zero-order valence-corrected chi connectivity index (χ0v) is 13.7. The number of ether oxygens (including phenoxy) is 1. The molecule has 1 N–H and O–H groups in total. The molecule has 0 spiro atoms. The minimum atomic E-state index is -0.406. The van der Waals surface area contributed by atoms with Gasteiger partial charge < -0.3 is 10.1 Å². The van der Waals surface area contributed by atoms with Crippen molar-refractivity contribution in [3.8, 4) is 5.75 Å². The van der Waals surface area contributed by atoms with Gasteiger partial charge in [-0.2, -0.15) is 0 Å². The van der Waals surface area contributed by atoms with Crippen LogP contribution in [0.3, 0.4) is 0 Å². The van der Waals surface area contributed by atoms with Gasteiger partial charge in [-0.05, 0) is 48.8 Å². The molecule has 2 unspecified atom stereocenters. The maximum absolute atomic E-state index is 12.2. The molecule has 2 aromatic carbocycles. The third-order valence-corrected chi connectivity index (χ3v) is 4.58. The number of para-hydroxylation sites is 1. The van der Waals surface area contributed by atoms with Gasteiger partial charge in [-0.1, -0.05) is 55.5 Å². The summed E-state index contributed by atoms with van der Waals surface area (Å²) >= 11 is 0. The average Bonchev–Trinajstić information content (AvgIpc) is 3.40. The molecule has 2 atom stereocenters. The molecular formula is C20H23NO2. The number of nitrogens with one attached hydrogen (secondary N) is 1. The highest BCUT2D eigenvalue weighted by atomic mass is 16.6. The first kappa shape index (κ1) is 15.6. The molecule has 0 aromatic heterocycles. The van der Waals surface area contributed by atoms with Gasteiger partial charge in [-0.3, -0.25) is 0 Å². The van der Waals surface area contributed by atoms with Crippen LogP contribution in [0.1, 0.15) is 49.8 Å². The molecule has 1 amide bonds. The quantitative estimate of drug-likeness (QED) is 0.839. The van der Waals surface area contributed by atoms with Crippen molar-refractivity contribution < 1.29 is 9.53 Å². The number of carbonyl (C=O) groups excluding carboxylic acids is 1. The molecule has 1 aliphatic rings. The minimum absolute atomic E-state index is 0.0864. The number of benzene rings is 2. The Hall–Kier alpha value is -2.29. The summed E-state index contributed by atoms with van der Waals surface area (Å²) in [6, 6.07) is 17.6. The van der Waals surface area contributed by atoms with Crippen molar-refractivity contribution in [3.63, 3.8) is 0 Å². The summed E-state index contributed by atoms with van der Waals surface area (Å²) in [7, 11) is 0. The fourth-order valence-corrected chi connectivity index (χ4v) is 2.93. The first-order chi connectivity index (χ1) is 11.1. The van der Waals surface area contributed by atoms with Crippen molar-refractivity contribution in [2.45, 2.75) is 38.6 Å². The lowest BCUT2D eigenvalue weighted by Gasteiger charge is -2.18. The summed E-state index contributed by atoms with van der Waals surface area (Å²) in [4.78, 5) is 12.2. The van der Waals surface area contributed by atoms with E-state index in [9.17, 15) is 4.79 Å². The van der Waals surface area contributed by atoms with Crippen LogP contribution in [-0.4, -0.2) is 6.09 Å². The van der Waals surface area contributed by atoms with Crippen LogP contribution in [0.2, 0.25) is 0 Å². The van der Waals surface area contributed by atoms with Gasteiger partial charge in [-0.25, -0.2) is 4.79 Å². The van der Waals surface area contributed by atoms with E-state index in [2.05, 4.69) is 18.3 Å². The first-order valence-corrected chi connectivity index (χ1v) is 8.27. The molecule has 1 saturated carbocycles. The van der Waals surface area contributed by atoms with Gasteiger partial charge in [0.05, 0.1) is 6.04 Å². The molecular weight excluding hydrogens is 286 g/mol. The molecule has 120 valence electrons. The second-order valence-electron chi connectivity index (χ2n) is 6.33. The smallest absolute Gasteiger partial charge is 0.410 e. The minimum Gasteiger partial charge on any atom is -0.410 e. The predicted octanol–water partition coefficient (Wildman–Crippen LogP) is 5.05. The molecule has 23 heavy (non-hydrogen) atoms. The SMILES string of the molecule is CC(NC(=O)Oc1ccccc1C(C)C1CC1)c1ccccc1. The Labute approximate surface area is 137 Å². The molecule has 0 saturated heterocycles. The van der Waals surface area contributed by atoms with Crippen molar-refractivity contribution in [1.82, 2.24) is 5.32 Å². The Balaban J connectivity index is 1.66. The van der Waals surface area contributed by atoms with Gasteiger partial charge in [0.15, 0.2) is 0 Å². The van der Waals surface area contributed by atoms with Crippen LogP contribution in [0.15, 0.2) is 54.6 Å². The highest BCUT2D eigenvalue weighted by Gasteiger charge is 2.30. The number of amides is 1. The summed E-state index contributed by atoms with van der Waals surface area (Å²) in [5.74, 6) is 1.83. The number of hydrogen-bond donors (Lipinski definition) is 1. The summed E-state index contributed by atoms with van der Waals surface area (Å²) in [5, 5.41) is 2.89. The molecule has 1 aliphatic carbocycles. The van der Waals surface area contributed by atoms with Crippen LogP contribution >= 0.6 is 0 Å². The standard InChI is InChI=1S/C20H23NO2/c1-14(16-12-13-16)18-10-6-7-11-19(18)23-20(22)21-15(2)17-8-4-3-5-9-17/h3-11,14-16H,12-13H2,1-2H3,(H,21,22). The predicted molar refractivity (Wildman–Crippen MR) is 91.6 cm³/mol. The number of carbonyl (C=O) groups is 1. The van der Waals surface area contributed by atoms with Gasteiger partial charge in [0.1, 0.15) is 5.75 Å². The van der Waals surface area contributed by atoms with Gasteiger partial charge in [0, 0.05) is 0 Å². The van der Waals surface area contributed by atoms with E-state index < -0.39 is 6.09 Å². The van der Waals surface area contributed by atoms with Gasteiger partial charge in [0.2, 0.25) is 0 Å². The first-order valence-electron chi connectivity index (χ1n) is 8.27. The van der Waals surface area contributed by atoms with Gasteiger partial charge in [-0.15, -0.1) is 0 Å². The van der Waals surface area contributed by atoms with Crippen LogP contribution < -0.4 is 10.1 Å². The van der Waals surface area contributed by atoms with Crippen LogP contribution in [0.5, 0.6) is 5.75 Å². The normalized spacial score (nSPS) is 16.4. The molecule has 2 aromatic rings. The Bertz CT molecular complexity index is 664. The van der Waals surface area contributed by atoms with E-state index in [1.165, 1.54) is 12.8 Å². The second kappa shape index (κ2) is 6.86. The molecule has 3 heteroatoms. The molecule has 3 rings (SSSR count). The Kier molecular flexibility index (Phi) is 4.65. The van der Waals surface area contributed by atoms with Crippen molar-refractivity contribution in [3.05, 3.63) is 65.7 Å². The van der Waals surface area contributed by atoms with Gasteiger partial charge >= 0.3 is 6.09 Å². The summed E-state index contributed by atoms with van der Waals surface area (Å²) in [6.07, 6.45) is 2.14. The third-order valence-electron chi connectivity index (χ3n) is 4.58. The van der Waals surface area contributed by atoms with E-state index in [0.717, 1.165) is 17.0 Å². The van der Waals surface area contributed by atoms with E-state index in [1.54, 1.807) is 0 Å². The maximum atomic E-state index is 12.2. The van der Waals surface area contributed by atoms with Crippen LogP contribution in [0.4, 0.5) is 4.79 Å². The van der Waals surface area contributed by atoms with E-state index in [-0.39, 0.29) is 6.04 Å². The van der Waals surface area contributed by atoms with Gasteiger partial charge in [0.25, 0.3) is 0 Å². The number of hydrogen-bond acceptors (Lipinski definition) is 2. The average molecular weight is 309 g/mol. The van der Waals surface area contributed by atoms with Crippen molar-refractivity contribution in [2.75, 3.05) is 0 Å². The topological polar surface area (TPSA) is 38.3 Å². The molecule has 0 bridgehead atoms. The maximum Gasteiger partial charge on any atom is 0.413 e. The number of rotatable bonds is 5. The zero-order valence-electron chi connectivity index (χ0n) is 13.7. The largest absolute Gasteiger partial charge is 0.413 e. The van der Waals surface area contributed by atoms with E-state index >= 15 is 0 Å². The Morgan fingerprint density at radius 1 is 1.04 bits per heavy atom. The molecule has 0 aliphatic heterocycles. The van der Waals surface area contributed by atoms with E-state index in [1.807, 2.05) is 55.5 Å². The lowest BCUT2D eigenvalue weighted by molar-refractivity contribution is 0.196. The van der Waals surface area contributed by atoms with Crippen molar-refractivity contribution >= 4 is 6.09 Å². The molecule has 3 nitrogen and oxygen atoms in total. The summed E-state index contributed by atoms with van der Waals surface area (Å²) in [6.45, 7) is 4.17. The third kappa shape index (κ3) is 3.92. The van der Waals surface area contributed by atoms with Crippen LogP contribution in [0.25, 0.3) is 0 Å². The van der Waals surface area contributed by atoms with Crippen molar-refractivity contribution in [2.24, 2.45) is 5.92 Å². The van der Waals surface area contributed by atoms with Crippen LogP contribution in [0, 0.1) is 5.92 Å². The highest BCUT2D eigenvalue weighted by Crippen LogP contribution is 2.44. The summed E-state index contributed by atoms with van der Waals surface area (Å²) in [5.41, 5.74) is 2.18. The molecule has 0 radical (unpaired) electrons. The fraction of sp³-hybridized carbons (Fsp3) is 0.350. The lowest BCUT2D eigenvalue weighted by Crippen LogP contribution is -2.29. The zero-order chi connectivity index (χ0) is 16.2. The Morgan fingerprint density at radius 3 is 2.39 bits per heavy atom. The monoisotopic (exact) mass is 309 g/mol. The molecule has 0 heterocycles. The molecule has 1 fully saturated rings. The van der Waals surface area contributed by atoms with E-state index in [0.29, 0.717) is 11.7 Å². The second-order valence-corrected chi connectivity index (χ2v) is 6.33. The Morgan fingerprint density at radius 2 is 1.70 bits per heavy atom.